The predicted molar refractivity (Wildman–Crippen MR) is 103 cm³/mol. The zero-order valence-electron chi connectivity index (χ0n) is 15.1. The van der Waals surface area contributed by atoms with Crippen molar-refractivity contribution in [3.8, 4) is 0 Å². The van der Waals surface area contributed by atoms with E-state index in [2.05, 4.69) is 40.0 Å². The highest BCUT2D eigenvalue weighted by molar-refractivity contribution is 7.09. The number of ether oxygens (including phenoxy) is 1. The van der Waals surface area contributed by atoms with Crippen molar-refractivity contribution in [2.75, 3.05) is 45.9 Å². The van der Waals surface area contributed by atoms with Gasteiger partial charge in [0, 0.05) is 44.2 Å². The lowest BCUT2D eigenvalue weighted by atomic mass is 9.98. The second-order valence-corrected chi connectivity index (χ2v) is 7.20. The van der Waals surface area contributed by atoms with Crippen LogP contribution in [0.1, 0.15) is 31.6 Å². The van der Waals surface area contributed by atoms with Crippen molar-refractivity contribution in [3.63, 3.8) is 0 Å². The van der Waals surface area contributed by atoms with E-state index in [1.807, 2.05) is 18.3 Å². The molecule has 2 rings (SSSR count). The Labute approximate surface area is 150 Å². The molecule has 1 unspecified atom stereocenters. The number of likely N-dealkylation sites (tertiary alicyclic amines) is 1. The molecule has 0 spiro atoms. The summed E-state index contributed by atoms with van der Waals surface area (Å²) in [5.74, 6) is 1.56. The first-order valence-electron chi connectivity index (χ1n) is 9.16. The molecule has 0 aromatic carbocycles. The van der Waals surface area contributed by atoms with Crippen LogP contribution in [0.2, 0.25) is 0 Å². The van der Waals surface area contributed by atoms with Gasteiger partial charge in [0.05, 0.1) is 6.61 Å². The number of hydrogen-bond acceptors (Lipinski definition) is 4. The Bertz CT molecular complexity index is 464. The molecule has 0 aliphatic carbocycles. The zero-order valence-corrected chi connectivity index (χ0v) is 15.9. The summed E-state index contributed by atoms with van der Waals surface area (Å²) in [6.45, 7) is 11.6. The van der Waals surface area contributed by atoms with Crippen molar-refractivity contribution in [3.05, 3.63) is 22.4 Å². The first-order chi connectivity index (χ1) is 11.8. The van der Waals surface area contributed by atoms with E-state index in [1.54, 1.807) is 0 Å². The van der Waals surface area contributed by atoms with Gasteiger partial charge < -0.3 is 15.4 Å². The molecule has 1 fully saturated rings. The molecule has 1 aliphatic rings. The van der Waals surface area contributed by atoms with Crippen molar-refractivity contribution in [2.45, 2.75) is 33.2 Å². The number of rotatable bonds is 9. The number of piperidine rings is 1. The fourth-order valence-corrected chi connectivity index (χ4v) is 3.76. The van der Waals surface area contributed by atoms with Gasteiger partial charge in [-0.2, -0.15) is 0 Å². The maximum absolute atomic E-state index is 5.37. The van der Waals surface area contributed by atoms with Gasteiger partial charge >= 0.3 is 0 Å². The largest absolute Gasteiger partial charge is 0.380 e. The summed E-state index contributed by atoms with van der Waals surface area (Å²) in [7, 11) is 0. The van der Waals surface area contributed by atoms with E-state index < -0.39 is 0 Å². The average Bonchev–Trinajstić information content (AvgIpc) is 3.10. The Morgan fingerprint density at radius 1 is 1.42 bits per heavy atom. The molecule has 5 nitrogen and oxygen atoms in total. The van der Waals surface area contributed by atoms with E-state index in [0.717, 1.165) is 51.9 Å². The summed E-state index contributed by atoms with van der Waals surface area (Å²) in [5, 5.41) is 8.83. The average molecular weight is 353 g/mol. The smallest absolute Gasteiger partial charge is 0.191 e. The number of nitrogens with one attached hydrogen (secondary N) is 2. The fourth-order valence-electron chi connectivity index (χ4n) is 3.01. The highest BCUT2D eigenvalue weighted by Gasteiger charge is 2.20. The molecule has 1 aliphatic heterocycles. The first-order valence-corrected chi connectivity index (χ1v) is 10.0. The van der Waals surface area contributed by atoms with E-state index >= 15 is 0 Å². The summed E-state index contributed by atoms with van der Waals surface area (Å²) in [5.41, 5.74) is 0. The van der Waals surface area contributed by atoms with Gasteiger partial charge in [0.1, 0.15) is 0 Å². The third-order valence-electron chi connectivity index (χ3n) is 4.16. The summed E-state index contributed by atoms with van der Waals surface area (Å²) in [6, 6.07) is 4.38. The molecule has 1 saturated heterocycles. The summed E-state index contributed by atoms with van der Waals surface area (Å²) in [6.07, 6.45) is 2.56. The van der Waals surface area contributed by atoms with Gasteiger partial charge in [-0.15, -0.1) is 11.3 Å². The van der Waals surface area contributed by atoms with Gasteiger partial charge in [0.2, 0.25) is 0 Å². The van der Waals surface area contributed by atoms with E-state index in [0.29, 0.717) is 5.92 Å². The zero-order chi connectivity index (χ0) is 17.0. The van der Waals surface area contributed by atoms with Gasteiger partial charge in [-0.05, 0) is 50.6 Å². The minimum atomic E-state index is 0.654. The molecule has 0 amide bonds. The number of hydrogen-bond donors (Lipinski definition) is 2. The van der Waals surface area contributed by atoms with E-state index in [1.165, 1.54) is 24.3 Å². The number of thiophene rings is 1. The third kappa shape index (κ3) is 7.20. The van der Waals surface area contributed by atoms with Gasteiger partial charge in [-0.25, -0.2) is 0 Å². The Morgan fingerprint density at radius 3 is 3.08 bits per heavy atom. The molecule has 136 valence electrons. The van der Waals surface area contributed by atoms with Crippen LogP contribution in [0.15, 0.2) is 22.5 Å². The third-order valence-corrected chi connectivity index (χ3v) is 5.02. The van der Waals surface area contributed by atoms with Crippen LogP contribution in [-0.2, 0) is 11.3 Å². The summed E-state index contributed by atoms with van der Waals surface area (Å²) in [4.78, 5) is 8.82. The molecular weight excluding hydrogens is 320 g/mol. The topological polar surface area (TPSA) is 48.9 Å². The highest BCUT2D eigenvalue weighted by Crippen LogP contribution is 2.20. The Balaban J connectivity index is 1.76. The standard InChI is InChI=1S/C18H32N4OS/c1-3-19-18(20-9-11-23-4-2)21-13-16-7-5-10-22(14-16)15-17-8-6-12-24-17/h6,8,12,16H,3-5,7,9-11,13-15H2,1-2H3,(H2,19,20,21). The van der Waals surface area contributed by atoms with Crippen molar-refractivity contribution < 1.29 is 4.74 Å². The van der Waals surface area contributed by atoms with E-state index in [4.69, 9.17) is 9.73 Å². The molecule has 1 aromatic heterocycles. The molecular formula is C18H32N4OS. The molecule has 1 atom stereocenters. The van der Waals surface area contributed by atoms with Crippen LogP contribution in [0.3, 0.4) is 0 Å². The van der Waals surface area contributed by atoms with Crippen LogP contribution >= 0.6 is 11.3 Å². The van der Waals surface area contributed by atoms with Gasteiger partial charge in [-0.1, -0.05) is 6.07 Å². The quantitative estimate of drug-likeness (QED) is 0.407. The fraction of sp³-hybridized carbons (Fsp3) is 0.722. The van der Waals surface area contributed by atoms with Crippen LogP contribution < -0.4 is 10.6 Å². The van der Waals surface area contributed by atoms with Gasteiger partial charge in [0.15, 0.2) is 5.96 Å². The van der Waals surface area contributed by atoms with Gasteiger partial charge in [0.25, 0.3) is 0 Å². The maximum atomic E-state index is 5.37. The molecule has 2 N–H and O–H groups in total. The number of guanidine groups is 1. The lowest BCUT2D eigenvalue weighted by molar-refractivity contribution is 0.152. The van der Waals surface area contributed by atoms with Crippen molar-refractivity contribution in [2.24, 2.45) is 10.9 Å². The SMILES string of the molecule is CCNC(=NCC1CCCN(Cc2cccs2)C1)NCCOCC. The number of nitrogens with zero attached hydrogens (tertiary/aromatic N) is 2. The maximum Gasteiger partial charge on any atom is 0.191 e. The summed E-state index contributed by atoms with van der Waals surface area (Å²) >= 11 is 1.85. The second kappa shape index (κ2) is 11.4. The molecule has 0 bridgehead atoms. The second-order valence-electron chi connectivity index (χ2n) is 6.17. The normalized spacial score (nSPS) is 19.4. The van der Waals surface area contributed by atoms with E-state index in [9.17, 15) is 0 Å². The van der Waals surface area contributed by atoms with Crippen molar-refractivity contribution >= 4 is 17.3 Å². The molecule has 1 aromatic rings. The molecule has 2 heterocycles. The van der Waals surface area contributed by atoms with Crippen molar-refractivity contribution in [1.29, 1.82) is 0 Å². The molecule has 24 heavy (non-hydrogen) atoms. The predicted octanol–water partition coefficient (Wildman–Crippen LogP) is 2.55. The van der Waals surface area contributed by atoms with Crippen LogP contribution in [0.25, 0.3) is 0 Å². The van der Waals surface area contributed by atoms with Crippen LogP contribution in [0.4, 0.5) is 0 Å². The Kier molecular flexibility index (Phi) is 9.16. The first kappa shape index (κ1) is 19.2. The van der Waals surface area contributed by atoms with Crippen LogP contribution in [-0.4, -0.2) is 56.8 Å². The Morgan fingerprint density at radius 2 is 2.33 bits per heavy atom. The monoisotopic (exact) mass is 352 g/mol. The molecule has 6 heteroatoms. The lowest BCUT2D eigenvalue weighted by Gasteiger charge is -2.31. The van der Waals surface area contributed by atoms with Crippen LogP contribution in [0.5, 0.6) is 0 Å². The molecule has 0 radical (unpaired) electrons. The number of aliphatic imine (C=N–C) groups is 1. The van der Waals surface area contributed by atoms with Crippen molar-refractivity contribution in [1.82, 2.24) is 15.5 Å². The van der Waals surface area contributed by atoms with Gasteiger partial charge in [-0.3, -0.25) is 9.89 Å². The highest BCUT2D eigenvalue weighted by atomic mass is 32.1. The molecule has 0 saturated carbocycles. The van der Waals surface area contributed by atoms with E-state index in [-0.39, 0.29) is 0 Å². The Hall–Kier alpha value is -1.11. The van der Waals surface area contributed by atoms with Crippen LogP contribution in [0, 0.1) is 5.92 Å². The minimum absolute atomic E-state index is 0.654. The lowest BCUT2D eigenvalue weighted by Crippen LogP contribution is -2.40. The minimum Gasteiger partial charge on any atom is -0.380 e. The summed E-state index contributed by atoms with van der Waals surface area (Å²) < 4.78 is 5.37.